The van der Waals surface area contributed by atoms with Gasteiger partial charge in [-0.15, -0.1) is 5.56 Å². The van der Waals surface area contributed by atoms with E-state index in [0.29, 0.717) is 6.61 Å². The Balaban J connectivity index is 0.000000956. The van der Waals surface area contributed by atoms with Gasteiger partial charge in [-0.05, 0) is 30.5 Å². The molecule has 0 heterocycles. The quantitative estimate of drug-likeness (QED) is 0.488. The summed E-state index contributed by atoms with van der Waals surface area (Å²) < 4.78 is 5.72. The van der Waals surface area contributed by atoms with E-state index in [4.69, 9.17) is 4.74 Å². The minimum absolute atomic E-state index is 0.579. The summed E-state index contributed by atoms with van der Waals surface area (Å²) in [5, 5.41) is 0. The van der Waals surface area contributed by atoms with Crippen molar-refractivity contribution in [2.24, 2.45) is 0 Å². The van der Waals surface area contributed by atoms with Crippen molar-refractivity contribution in [1.29, 1.82) is 0 Å². The van der Waals surface area contributed by atoms with Gasteiger partial charge in [-0.3, -0.25) is 0 Å². The number of aryl methyl sites for hydroxylation is 1. The molecule has 0 atom stereocenters. The number of halogens is 1. The van der Waals surface area contributed by atoms with E-state index in [-0.39, 0.29) is 0 Å². The number of hydrogen-bond donors (Lipinski definition) is 0. The molecule has 0 saturated heterocycles. The Bertz CT molecular complexity index is 456. The van der Waals surface area contributed by atoms with E-state index in [0.717, 1.165) is 17.7 Å². The molecule has 1 nitrogen and oxygen atoms in total. The molecule has 0 spiro atoms. The molecule has 0 bridgehead atoms. The second-order valence-electron chi connectivity index (χ2n) is 4.42. The molecule has 0 radical (unpaired) electrons. The molecule has 0 aliphatic heterocycles. The molecule has 0 saturated carbocycles. The Hall–Kier alpha value is -0.657. The van der Waals surface area contributed by atoms with Gasteiger partial charge in [-0.2, -0.15) is 30.3 Å². The second-order valence-corrected chi connectivity index (χ2v) is 4.42. The van der Waals surface area contributed by atoms with Crippen LogP contribution in [0.25, 0.3) is 0 Å². The fraction of sp³-hybridized carbons (Fsp3) is 0.294. The standard InChI is InChI=1S/C17H19O.BrH.Zn/c1-2-3-7-15-10-12-17(13-11-15)18-14-16-8-5-4-6-9-16;;/h4-6,8,10-13H,2-3,7,14H2,1H3;1H;/q-1;;+2/p-1. The van der Waals surface area contributed by atoms with Gasteiger partial charge in [-0.25, -0.2) is 0 Å². The fourth-order valence-corrected chi connectivity index (χ4v) is 1.81. The number of rotatable bonds is 6. The molecular weight excluding hydrogens is 365 g/mol. The van der Waals surface area contributed by atoms with Crippen LogP contribution in [0.2, 0.25) is 0 Å². The third-order valence-corrected chi connectivity index (χ3v) is 2.91. The Morgan fingerprint density at radius 1 is 1.10 bits per heavy atom. The summed E-state index contributed by atoms with van der Waals surface area (Å²) in [6.45, 7) is 2.79. The minimum atomic E-state index is 0.579. The second kappa shape index (κ2) is 11.1. The molecule has 0 aliphatic rings. The van der Waals surface area contributed by atoms with Crippen LogP contribution in [0.4, 0.5) is 0 Å². The Morgan fingerprint density at radius 2 is 1.85 bits per heavy atom. The molecule has 0 aliphatic carbocycles. The monoisotopic (exact) mass is 382 g/mol. The average Bonchev–Trinajstić information content (AvgIpc) is 2.55. The summed E-state index contributed by atoms with van der Waals surface area (Å²) >= 11 is 4.25. The number of hydrogen-bond acceptors (Lipinski definition) is 1. The molecule has 0 aromatic heterocycles. The van der Waals surface area contributed by atoms with Crippen molar-refractivity contribution < 1.29 is 21.1 Å². The van der Waals surface area contributed by atoms with E-state index < -0.39 is 0 Å². The van der Waals surface area contributed by atoms with Crippen LogP contribution < -0.4 is 4.74 Å². The maximum atomic E-state index is 5.72. The zero-order valence-corrected chi connectivity index (χ0v) is 16.5. The first kappa shape index (κ1) is 17.4. The van der Waals surface area contributed by atoms with Crippen molar-refractivity contribution in [3.05, 3.63) is 65.7 Å². The van der Waals surface area contributed by atoms with Crippen LogP contribution in [0.15, 0.2) is 48.5 Å². The Kier molecular flexibility index (Phi) is 9.61. The van der Waals surface area contributed by atoms with Gasteiger partial charge in [0.25, 0.3) is 0 Å². The molecule has 2 rings (SSSR count). The summed E-state index contributed by atoms with van der Waals surface area (Å²) in [5.74, 6) is 0.924. The van der Waals surface area contributed by atoms with Crippen LogP contribution in [0.5, 0.6) is 5.75 Å². The first-order valence-corrected chi connectivity index (χ1v) is 13.8. The molecule has 102 valence electrons. The van der Waals surface area contributed by atoms with Gasteiger partial charge >= 0.3 is 30.0 Å². The van der Waals surface area contributed by atoms with Crippen molar-refractivity contribution in [3.8, 4) is 5.75 Å². The van der Waals surface area contributed by atoms with E-state index in [9.17, 15) is 0 Å². The fourth-order valence-electron chi connectivity index (χ4n) is 1.81. The van der Waals surface area contributed by atoms with E-state index >= 15 is 0 Å². The predicted molar refractivity (Wildman–Crippen MR) is 83.6 cm³/mol. The van der Waals surface area contributed by atoms with E-state index in [1.165, 1.54) is 34.7 Å². The molecule has 20 heavy (non-hydrogen) atoms. The van der Waals surface area contributed by atoms with Gasteiger partial charge in [-0.1, -0.05) is 25.5 Å². The van der Waals surface area contributed by atoms with Crippen LogP contribution in [0.1, 0.15) is 30.9 Å². The van der Waals surface area contributed by atoms with Gasteiger partial charge in [0, 0.05) is 0 Å². The van der Waals surface area contributed by atoms with Gasteiger partial charge in [0.2, 0.25) is 0 Å². The van der Waals surface area contributed by atoms with Crippen LogP contribution in [-0.2, 0) is 29.4 Å². The van der Waals surface area contributed by atoms with E-state index in [1.54, 1.807) is 0 Å². The SMILES string of the molecule is CCCCc1ccc(OCc2[c-]cccc2)cc1.[Zn+][Br]. The van der Waals surface area contributed by atoms with Crippen LogP contribution in [0, 0.1) is 6.07 Å². The zero-order valence-electron chi connectivity index (χ0n) is 11.9. The van der Waals surface area contributed by atoms with Gasteiger partial charge in [0.15, 0.2) is 0 Å². The van der Waals surface area contributed by atoms with Gasteiger partial charge in [0.1, 0.15) is 5.75 Å². The van der Waals surface area contributed by atoms with Crippen molar-refractivity contribution in [3.63, 3.8) is 0 Å². The van der Waals surface area contributed by atoms with Crippen LogP contribution in [0.3, 0.4) is 0 Å². The molecule has 3 heteroatoms. The summed E-state index contributed by atoms with van der Waals surface area (Å²) in [5.41, 5.74) is 2.46. The summed E-state index contributed by atoms with van der Waals surface area (Å²) in [4.78, 5) is 0. The topological polar surface area (TPSA) is 9.23 Å². The van der Waals surface area contributed by atoms with Crippen molar-refractivity contribution in [2.45, 2.75) is 32.8 Å². The van der Waals surface area contributed by atoms with E-state index in [2.05, 4.69) is 38.7 Å². The number of benzene rings is 2. The maximum absolute atomic E-state index is 5.72. The number of ether oxygens (including phenoxy) is 1. The summed E-state index contributed by atoms with van der Waals surface area (Å²) in [7, 11) is 0. The van der Waals surface area contributed by atoms with Gasteiger partial charge in [0.05, 0.1) is 6.61 Å². The molecular formula is C17H19BrOZn. The van der Waals surface area contributed by atoms with Crippen molar-refractivity contribution in [2.75, 3.05) is 0 Å². The Labute approximate surface area is 138 Å². The molecule has 0 unspecified atom stereocenters. The Morgan fingerprint density at radius 3 is 2.45 bits per heavy atom. The first-order valence-electron chi connectivity index (χ1n) is 6.82. The number of unbranched alkanes of at least 4 members (excludes halogenated alkanes) is 1. The normalized spacial score (nSPS) is 9.60. The summed E-state index contributed by atoms with van der Waals surface area (Å²) in [6, 6.07) is 19.5. The van der Waals surface area contributed by atoms with Crippen molar-refractivity contribution in [1.82, 2.24) is 0 Å². The van der Waals surface area contributed by atoms with Crippen LogP contribution in [-0.4, -0.2) is 0 Å². The molecule has 0 fully saturated rings. The third kappa shape index (κ3) is 6.68. The summed E-state index contributed by atoms with van der Waals surface area (Å²) in [6.07, 6.45) is 3.64. The van der Waals surface area contributed by atoms with Crippen molar-refractivity contribution >= 4 is 13.6 Å². The zero-order chi connectivity index (χ0) is 14.6. The molecule has 2 aromatic rings. The van der Waals surface area contributed by atoms with Gasteiger partial charge < -0.3 is 4.74 Å². The van der Waals surface area contributed by atoms with Crippen LogP contribution >= 0.6 is 13.6 Å². The molecule has 0 amide bonds. The molecule has 0 N–H and O–H groups in total. The predicted octanol–water partition coefficient (Wildman–Crippen LogP) is 5.25. The average molecular weight is 385 g/mol. The molecule has 2 aromatic carbocycles. The third-order valence-electron chi connectivity index (χ3n) is 2.91. The van der Waals surface area contributed by atoms with E-state index in [1.807, 2.05) is 36.4 Å². The first-order chi connectivity index (χ1) is 9.88.